The summed E-state index contributed by atoms with van der Waals surface area (Å²) in [5.74, 6) is -1.87. The molecule has 0 saturated heterocycles. The summed E-state index contributed by atoms with van der Waals surface area (Å²) in [4.78, 5) is 33.3. The van der Waals surface area contributed by atoms with Gasteiger partial charge in [0.15, 0.2) is 0 Å². The van der Waals surface area contributed by atoms with Gasteiger partial charge >= 0.3 is 6.03 Å². The molecule has 0 aromatic carbocycles. The Morgan fingerprint density at radius 3 is 2.58 bits per heavy atom. The molecule has 182 valence electrons. The highest BCUT2D eigenvalue weighted by molar-refractivity contribution is 5.99. The quantitative estimate of drug-likeness (QED) is 0.327. The van der Waals surface area contributed by atoms with Crippen LogP contribution in [0.15, 0.2) is 53.6 Å². The van der Waals surface area contributed by atoms with Crippen LogP contribution in [0.1, 0.15) is 38.5 Å². The van der Waals surface area contributed by atoms with E-state index in [0.717, 1.165) is 38.2 Å². The molecule has 2 rings (SSSR count). The number of carbonyl (C=O) groups is 2. The van der Waals surface area contributed by atoms with Gasteiger partial charge in [0.1, 0.15) is 12.2 Å². The molecular weight excluding hydrogens is 435 g/mol. The first kappa shape index (κ1) is 26.2. The lowest BCUT2D eigenvalue weighted by Crippen LogP contribution is -2.54. The van der Waals surface area contributed by atoms with Crippen LogP contribution in [0.4, 0.5) is 18.0 Å². The monoisotopic (exact) mass is 467 g/mol. The molecule has 33 heavy (non-hydrogen) atoms. The van der Waals surface area contributed by atoms with Gasteiger partial charge in [-0.15, -0.1) is 0 Å². The Morgan fingerprint density at radius 2 is 2.00 bits per heavy atom. The maximum absolute atomic E-state index is 13.7. The van der Waals surface area contributed by atoms with Gasteiger partial charge in [-0.05, 0) is 18.9 Å². The van der Waals surface area contributed by atoms with E-state index in [1.54, 1.807) is 31.3 Å². The van der Waals surface area contributed by atoms with Crippen LogP contribution in [-0.2, 0) is 4.79 Å². The molecule has 1 aliphatic heterocycles. The van der Waals surface area contributed by atoms with Crippen molar-refractivity contribution in [2.75, 3.05) is 27.2 Å². The van der Waals surface area contributed by atoms with E-state index in [2.05, 4.69) is 10.3 Å². The van der Waals surface area contributed by atoms with Crippen molar-refractivity contribution in [3.8, 4) is 0 Å². The number of hydrogen-bond acceptors (Lipinski definition) is 3. The summed E-state index contributed by atoms with van der Waals surface area (Å²) >= 11 is 0. The number of allylic oxidation sites excluding steroid dienone is 2. The largest absolute Gasteiger partial charge is 0.386 e. The van der Waals surface area contributed by atoms with Gasteiger partial charge in [-0.25, -0.2) is 18.0 Å². The van der Waals surface area contributed by atoms with E-state index in [1.807, 2.05) is 6.08 Å². The maximum Gasteiger partial charge on any atom is 0.331 e. The van der Waals surface area contributed by atoms with Crippen LogP contribution in [-0.4, -0.2) is 66.3 Å². The first-order valence-corrected chi connectivity index (χ1v) is 11.0. The molecule has 0 spiro atoms. The molecule has 3 amide bonds. The lowest BCUT2D eigenvalue weighted by Gasteiger charge is -2.39. The van der Waals surface area contributed by atoms with Crippen LogP contribution < -0.4 is 5.32 Å². The second-order valence-electron chi connectivity index (χ2n) is 8.11. The van der Waals surface area contributed by atoms with Crippen LogP contribution >= 0.6 is 0 Å². The van der Waals surface area contributed by atoms with E-state index < -0.39 is 24.2 Å². The smallest absolute Gasteiger partial charge is 0.331 e. The molecule has 1 fully saturated rings. The number of dihydropyridines is 1. The molecule has 1 unspecified atom stereocenters. The number of likely N-dealkylation sites (N-methyl/N-ethyl adjacent to an activating group) is 1. The van der Waals surface area contributed by atoms with E-state index in [1.165, 1.54) is 9.80 Å². The van der Waals surface area contributed by atoms with Crippen molar-refractivity contribution in [3.63, 3.8) is 0 Å². The van der Waals surface area contributed by atoms with Crippen molar-refractivity contribution >= 4 is 18.4 Å². The number of guanidine groups is 1. The van der Waals surface area contributed by atoms with Gasteiger partial charge in [0, 0.05) is 51.8 Å². The minimum absolute atomic E-state index is 0.0613. The molecule has 0 bridgehead atoms. The topological polar surface area (TPSA) is 68.2 Å². The molecule has 0 aromatic heterocycles. The SMILES string of the molecule is CN(C(=O)N(CC(/C=C/F)C/C(F)=C/F)/C(=N\C=O)N(C)C1CCCCC1)C1=CNCC=C1. The van der Waals surface area contributed by atoms with E-state index in [9.17, 15) is 22.8 Å². The van der Waals surface area contributed by atoms with E-state index in [4.69, 9.17) is 0 Å². The molecular formula is C23H32F3N5O2. The first-order valence-electron chi connectivity index (χ1n) is 11.0. The highest BCUT2D eigenvalue weighted by Crippen LogP contribution is 2.25. The highest BCUT2D eigenvalue weighted by Gasteiger charge is 2.32. The molecule has 7 nitrogen and oxygen atoms in total. The summed E-state index contributed by atoms with van der Waals surface area (Å²) in [7, 11) is 3.31. The zero-order valence-corrected chi connectivity index (χ0v) is 19.1. The Hall–Kier alpha value is -3.04. The highest BCUT2D eigenvalue weighted by atomic mass is 19.2. The Kier molecular flexibility index (Phi) is 10.7. The minimum Gasteiger partial charge on any atom is -0.386 e. The Bertz CT molecular complexity index is 819. The number of carbonyl (C=O) groups excluding carboxylic acids is 2. The number of hydrogen-bond donors (Lipinski definition) is 1. The zero-order chi connectivity index (χ0) is 24.2. The summed E-state index contributed by atoms with van der Waals surface area (Å²) < 4.78 is 39.4. The maximum atomic E-state index is 13.7. The summed E-state index contributed by atoms with van der Waals surface area (Å²) in [6.07, 6.45) is 11.2. The lowest BCUT2D eigenvalue weighted by atomic mass is 9.94. The van der Waals surface area contributed by atoms with Crippen molar-refractivity contribution in [2.24, 2.45) is 10.9 Å². The minimum atomic E-state index is -1.07. The third kappa shape index (κ3) is 7.50. The van der Waals surface area contributed by atoms with Crippen molar-refractivity contribution in [3.05, 3.63) is 48.6 Å². The van der Waals surface area contributed by atoms with E-state index in [0.29, 0.717) is 18.7 Å². The molecule has 1 saturated carbocycles. The average molecular weight is 468 g/mol. The zero-order valence-electron chi connectivity index (χ0n) is 19.1. The van der Waals surface area contributed by atoms with Crippen LogP contribution in [0.5, 0.6) is 0 Å². The van der Waals surface area contributed by atoms with Gasteiger partial charge in [0.25, 0.3) is 0 Å². The molecule has 10 heteroatoms. The fourth-order valence-corrected chi connectivity index (χ4v) is 4.06. The second kappa shape index (κ2) is 13.5. The molecule has 1 atom stereocenters. The second-order valence-corrected chi connectivity index (χ2v) is 8.11. The third-order valence-electron chi connectivity index (χ3n) is 5.86. The Labute approximate surface area is 193 Å². The molecule has 2 aliphatic rings. The number of rotatable bonds is 8. The molecule has 0 radical (unpaired) electrons. The summed E-state index contributed by atoms with van der Waals surface area (Å²) in [6, 6.07) is -0.481. The normalized spacial score (nSPS) is 18.5. The average Bonchev–Trinajstić information content (AvgIpc) is 2.85. The van der Waals surface area contributed by atoms with Gasteiger partial charge in [-0.2, -0.15) is 4.99 Å². The van der Waals surface area contributed by atoms with Crippen molar-refractivity contribution < 1.29 is 22.8 Å². The van der Waals surface area contributed by atoms with Crippen LogP contribution in [0.3, 0.4) is 0 Å². The molecule has 1 aliphatic carbocycles. The van der Waals surface area contributed by atoms with Gasteiger partial charge in [0.2, 0.25) is 12.4 Å². The molecule has 0 aromatic rings. The predicted molar refractivity (Wildman–Crippen MR) is 122 cm³/mol. The number of amides is 3. The number of urea groups is 1. The van der Waals surface area contributed by atoms with Crippen LogP contribution in [0, 0.1) is 5.92 Å². The van der Waals surface area contributed by atoms with Crippen molar-refractivity contribution in [1.82, 2.24) is 20.0 Å². The Balaban J connectivity index is 2.42. The standard InChI is InChI=1S/C23H32F3N5O2/c1-29(20-7-4-3-5-8-20)22(28-17-32)31(16-18(10-11-24)13-19(26)14-25)23(33)30(2)21-9-6-12-27-15-21/h6,9-11,14-15,17-18,20,27H,3-5,7-8,12-13,16H2,1-2H3/b11-10+,19-14-,28-22-. The molecule has 1 N–H and O–H groups in total. The number of aliphatic imine (C=N–C) groups is 1. The number of nitrogens with zero attached hydrogens (tertiary/aromatic N) is 4. The Morgan fingerprint density at radius 1 is 1.27 bits per heavy atom. The molecule has 1 heterocycles. The van der Waals surface area contributed by atoms with Gasteiger partial charge in [-0.3, -0.25) is 14.6 Å². The third-order valence-corrected chi connectivity index (χ3v) is 5.86. The van der Waals surface area contributed by atoms with Gasteiger partial charge in [-0.1, -0.05) is 31.4 Å². The van der Waals surface area contributed by atoms with Gasteiger partial charge in [0.05, 0.1) is 12.0 Å². The summed E-state index contributed by atoms with van der Waals surface area (Å²) in [5.41, 5.74) is 0.564. The van der Waals surface area contributed by atoms with Crippen molar-refractivity contribution in [2.45, 2.75) is 44.6 Å². The van der Waals surface area contributed by atoms with Crippen LogP contribution in [0.25, 0.3) is 0 Å². The van der Waals surface area contributed by atoms with Crippen molar-refractivity contribution in [1.29, 1.82) is 0 Å². The summed E-state index contributed by atoms with van der Waals surface area (Å²) in [5, 5.41) is 3.02. The first-order chi connectivity index (χ1) is 15.9. The number of nitrogens with one attached hydrogen (secondary N) is 1. The summed E-state index contributed by atoms with van der Waals surface area (Å²) in [6.45, 7) is 0.411. The van der Waals surface area contributed by atoms with Crippen LogP contribution in [0.2, 0.25) is 0 Å². The number of halogens is 3. The van der Waals surface area contributed by atoms with Gasteiger partial charge < -0.3 is 10.2 Å². The predicted octanol–water partition coefficient (Wildman–Crippen LogP) is 4.39. The van der Waals surface area contributed by atoms with E-state index >= 15 is 0 Å². The fraction of sp³-hybridized carbons (Fsp3) is 0.522. The fourth-order valence-electron chi connectivity index (χ4n) is 4.06. The lowest BCUT2D eigenvalue weighted by molar-refractivity contribution is -0.106. The van der Waals surface area contributed by atoms with E-state index in [-0.39, 0.29) is 31.2 Å².